The molecule has 6 nitrogen and oxygen atoms in total. The molecular weight excluding hydrogens is 352 g/mol. The van der Waals surface area contributed by atoms with Gasteiger partial charge in [-0.2, -0.15) is 5.10 Å². The number of carbonyl (C=O) groups excluding carboxylic acids is 1. The summed E-state index contributed by atoms with van der Waals surface area (Å²) in [7, 11) is 1.66. The lowest BCUT2D eigenvalue weighted by molar-refractivity contribution is 0.0919. The van der Waals surface area contributed by atoms with Gasteiger partial charge >= 0.3 is 0 Å². The third-order valence-electron chi connectivity index (χ3n) is 5.23. The van der Waals surface area contributed by atoms with Gasteiger partial charge in [0.15, 0.2) is 0 Å². The minimum Gasteiger partial charge on any atom is -0.497 e. The second-order valence-corrected chi connectivity index (χ2v) is 7.97. The first kappa shape index (κ1) is 18.2. The summed E-state index contributed by atoms with van der Waals surface area (Å²) in [6.45, 7) is 4.45. The summed E-state index contributed by atoms with van der Waals surface area (Å²) < 4.78 is 7.22. The molecule has 1 unspecified atom stereocenters. The minimum absolute atomic E-state index is 0.0458. The van der Waals surface area contributed by atoms with E-state index < -0.39 is 0 Å². The molecule has 0 saturated carbocycles. The molecule has 1 N–H and O–H groups in total. The number of nitrogens with one attached hydrogen (secondary N) is 1. The van der Waals surface area contributed by atoms with Crippen LogP contribution in [0.5, 0.6) is 5.75 Å². The van der Waals surface area contributed by atoms with Gasteiger partial charge in [0.1, 0.15) is 5.75 Å². The number of methoxy groups -OCH3 is 1. The van der Waals surface area contributed by atoms with Crippen LogP contribution in [-0.4, -0.2) is 27.8 Å². The number of nitrogens with zero attached hydrogens (tertiary/aromatic N) is 3. The van der Waals surface area contributed by atoms with Crippen LogP contribution in [0.25, 0.3) is 5.69 Å². The minimum atomic E-state index is -0.112. The molecule has 2 aromatic heterocycles. The molecule has 144 valence electrons. The lowest BCUT2D eigenvalue weighted by atomic mass is 9.74. The first-order valence-corrected chi connectivity index (χ1v) is 9.39. The smallest absolute Gasteiger partial charge is 0.253 e. The zero-order valence-electron chi connectivity index (χ0n) is 16.3. The van der Waals surface area contributed by atoms with Crippen molar-refractivity contribution in [2.24, 2.45) is 5.41 Å². The van der Waals surface area contributed by atoms with Gasteiger partial charge in [0, 0.05) is 18.0 Å². The van der Waals surface area contributed by atoms with Crippen LogP contribution in [0, 0.1) is 5.41 Å². The van der Waals surface area contributed by atoms with Crippen LogP contribution in [0.1, 0.15) is 47.9 Å². The Balaban J connectivity index is 1.67. The summed E-state index contributed by atoms with van der Waals surface area (Å²) in [5, 5.41) is 7.81. The average Bonchev–Trinajstić information content (AvgIpc) is 3.11. The molecule has 0 fully saturated rings. The molecule has 0 saturated heterocycles. The molecule has 0 bridgehead atoms. The Morgan fingerprint density at radius 1 is 1.21 bits per heavy atom. The van der Waals surface area contributed by atoms with Crippen molar-refractivity contribution in [3.8, 4) is 11.4 Å². The highest BCUT2D eigenvalue weighted by Crippen LogP contribution is 2.41. The van der Waals surface area contributed by atoms with Crippen molar-refractivity contribution in [3.63, 3.8) is 0 Å². The summed E-state index contributed by atoms with van der Waals surface area (Å²) in [6.07, 6.45) is 6.89. The van der Waals surface area contributed by atoms with E-state index in [4.69, 9.17) is 4.74 Å². The maximum absolute atomic E-state index is 12.7. The van der Waals surface area contributed by atoms with E-state index in [0.717, 1.165) is 35.5 Å². The van der Waals surface area contributed by atoms with E-state index in [0.29, 0.717) is 5.56 Å². The Kier molecular flexibility index (Phi) is 4.63. The fourth-order valence-corrected chi connectivity index (χ4v) is 3.86. The van der Waals surface area contributed by atoms with Crippen molar-refractivity contribution in [1.82, 2.24) is 20.1 Å². The van der Waals surface area contributed by atoms with Crippen molar-refractivity contribution in [2.75, 3.05) is 7.11 Å². The van der Waals surface area contributed by atoms with Crippen molar-refractivity contribution < 1.29 is 9.53 Å². The molecule has 1 atom stereocenters. The molecule has 3 aromatic rings. The van der Waals surface area contributed by atoms with Crippen molar-refractivity contribution in [1.29, 1.82) is 0 Å². The topological polar surface area (TPSA) is 69.0 Å². The summed E-state index contributed by atoms with van der Waals surface area (Å²) >= 11 is 0. The zero-order valence-corrected chi connectivity index (χ0v) is 16.3. The highest BCUT2D eigenvalue weighted by Gasteiger charge is 2.36. The molecule has 1 aromatic carbocycles. The maximum atomic E-state index is 12.7. The van der Waals surface area contributed by atoms with Crippen molar-refractivity contribution >= 4 is 5.91 Å². The molecule has 28 heavy (non-hydrogen) atoms. The third-order valence-corrected chi connectivity index (χ3v) is 5.23. The zero-order chi connectivity index (χ0) is 19.7. The Labute approximate surface area is 164 Å². The van der Waals surface area contributed by atoms with Gasteiger partial charge in [-0.25, -0.2) is 4.68 Å². The molecule has 6 heteroatoms. The largest absolute Gasteiger partial charge is 0.497 e. The van der Waals surface area contributed by atoms with Gasteiger partial charge in [0.05, 0.1) is 36.3 Å². The van der Waals surface area contributed by atoms with E-state index in [1.165, 1.54) is 0 Å². The van der Waals surface area contributed by atoms with Gasteiger partial charge in [0.2, 0.25) is 0 Å². The number of fused-ring (bicyclic) bond motifs is 1. The number of hydrogen-bond donors (Lipinski definition) is 1. The van der Waals surface area contributed by atoms with Gasteiger partial charge in [-0.1, -0.05) is 13.8 Å². The van der Waals surface area contributed by atoms with Crippen LogP contribution >= 0.6 is 0 Å². The first-order valence-electron chi connectivity index (χ1n) is 9.39. The predicted molar refractivity (Wildman–Crippen MR) is 107 cm³/mol. The Hall–Kier alpha value is -3.15. The lowest BCUT2D eigenvalue weighted by Crippen LogP contribution is -2.36. The Morgan fingerprint density at radius 3 is 2.68 bits per heavy atom. The fourth-order valence-electron chi connectivity index (χ4n) is 3.86. The molecule has 0 aliphatic heterocycles. The molecule has 0 radical (unpaired) electrons. The van der Waals surface area contributed by atoms with E-state index in [9.17, 15) is 4.79 Å². The van der Waals surface area contributed by atoms with E-state index in [1.54, 1.807) is 31.6 Å². The highest BCUT2D eigenvalue weighted by molar-refractivity contribution is 5.94. The van der Waals surface area contributed by atoms with Crippen LogP contribution < -0.4 is 10.1 Å². The molecule has 1 aliphatic carbocycles. The van der Waals surface area contributed by atoms with E-state index in [-0.39, 0.29) is 17.4 Å². The molecule has 4 rings (SSSR count). The number of hydrogen-bond acceptors (Lipinski definition) is 4. The van der Waals surface area contributed by atoms with E-state index >= 15 is 0 Å². The second kappa shape index (κ2) is 7.11. The highest BCUT2D eigenvalue weighted by atomic mass is 16.5. The third kappa shape index (κ3) is 3.50. The summed E-state index contributed by atoms with van der Waals surface area (Å²) in [4.78, 5) is 16.7. The number of ether oxygens (including phenoxy) is 1. The summed E-state index contributed by atoms with van der Waals surface area (Å²) in [5.74, 6) is 0.700. The second-order valence-electron chi connectivity index (χ2n) is 7.97. The SMILES string of the molecule is COc1ccc(-n2ncc3c2CC(C)(C)CC3NC(=O)c2cccnc2)cc1. The number of aromatic nitrogens is 3. The molecule has 2 heterocycles. The van der Waals surface area contributed by atoms with Crippen LogP contribution in [0.4, 0.5) is 0 Å². The summed E-state index contributed by atoms with van der Waals surface area (Å²) in [6, 6.07) is 11.3. The first-order chi connectivity index (χ1) is 13.5. The van der Waals surface area contributed by atoms with Gasteiger partial charge in [-0.05, 0) is 54.7 Å². The van der Waals surface area contributed by atoms with Gasteiger partial charge in [-0.15, -0.1) is 0 Å². The van der Waals surface area contributed by atoms with Gasteiger partial charge in [0.25, 0.3) is 5.91 Å². The number of benzene rings is 1. The summed E-state index contributed by atoms with van der Waals surface area (Å²) in [5.41, 5.74) is 3.81. The fraction of sp³-hybridized carbons (Fsp3) is 0.318. The van der Waals surface area contributed by atoms with Crippen LogP contribution in [0.3, 0.4) is 0 Å². The normalized spacial score (nSPS) is 17.6. The Bertz CT molecular complexity index is 978. The number of rotatable bonds is 4. The van der Waals surface area contributed by atoms with Crippen molar-refractivity contribution in [3.05, 3.63) is 71.8 Å². The molecular formula is C22H24N4O2. The van der Waals surface area contributed by atoms with Gasteiger partial charge < -0.3 is 10.1 Å². The number of pyridine rings is 1. The van der Waals surface area contributed by atoms with E-state index in [2.05, 4.69) is 29.2 Å². The molecule has 0 spiro atoms. The predicted octanol–water partition coefficient (Wildman–Crippen LogP) is 3.72. The number of amides is 1. The standard InChI is InChI=1S/C22H24N4O2/c1-22(2)11-19(25-21(27)15-5-4-10-23-13-15)18-14-24-26(20(18)12-22)16-6-8-17(28-3)9-7-16/h4-10,13-14,19H,11-12H2,1-3H3,(H,25,27). The van der Waals surface area contributed by atoms with E-state index in [1.807, 2.05) is 35.1 Å². The quantitative estimate of drug-likeness (QED) is 0.753. The molecule has 1 aliphatic rings. The van der Waals surface area contributed by atoms with Crippen molar-refractivity contribution in [2.45, 2.75) is 32.7 Å². The van der Waals surface area contributed by atoms with Crippen LogP contribution in [0.15, 0.2) is 55.0 Å². The maximum Gasteiger partial charge on any atom is 0.253 e. The Morgan fingerprint density at radius 2 is 2.00 bits per heavy atom. The monoisotopic (exact) mass is 376 g/mol. The average molecular weight is 376 g/mol. The number of carbonyl (C=O) groups is 1. The van der Waals surface area contributed by atoms with Gasteiger partial charge in [-0.3, -0.25) is 9.78 Å². The van der Waals surface area contributed by atoms with Crippen LogP contribution in [-0.2, 0) is 6.42 Å². The lowest BCUT2D eigenvalue weighted by Gasteiger charge is -2.36. The molecule has 1 amide bonds. The van der Waals surface area contributed by atoms with Crippen LogP contribution in [0.2, 0.25) is 0 Å².